The van der Waals surface area contributed by atoms with Crippen molar-refractivity contribution >= 4 is 17.2 Å². The second-order valence-electron chi connectivity index (χ2n) is 4.49. The van der Waals surface area contributed by atoms with Crippen molar-refractivity contribution in [3.05, 3.63) is 21.9 Å². The maximum Gasteiger partial charge on any atom is 0.239 e. The van der Waals surface area contributed by atoms with Crippen molar-refractivity contribution in [1.29, 1.82) is 0 Å². The molecule has 3 nitrogen and oxygen atoms in total. The number of nitrogens with zero attached hydrogens (tertiary/aromatic N) is 1. The van der Waals surface area contributed by atoms with Crippen LogP contribution in [-0.4, -0.2) is 23.9 Å². The van der Waals surface area contributed by atoms with Crippen LogP contribution in [0.25, 0.3) is 0 Å². The first-order chi connectivity index (χ1) is 7.43. The maximum absolute atomic E-state index is 11.9. The average molecular weight is 240 g/mol. The molecule has 0 aliphatic rings. The number of rotatable bonds is 4. The van der Waals surface area contributed by atoms with Gasteiger partial charge in [0, 0.05) is 11.9 Å². The summed E-state index contributed by atoms with van der Waals surface area (Å²) in [6.07, 6.45) is 0. The van der Waals surface area contributed by atoms with Gasteiger partial charge in [0.1, 0.15) is 0 Å². The first-order valence-electron chi connectivity index (χ1n) is 5.47. The molecule has 90 valence electrons. The minimum absolute atomic E-state index is 0.0165. The van der Waals surface area contributed by atoms with Crippen LogP contribution in [0.3, 0.4) is 0 Å². The summed E-state index contributed by atoms with van der Waals surface area (Å²) >= 11 is 1.68. The van der Waals surface area contributed by atoms with E-state index in [4.69, 9.17) is 5.73 Å². The molecule has 0 aliphatic heterocycles. The molecule has 0 aromatic carbocycles. The Labute approximate surface area is 101 Å². The number of thiophene rings is 1. The highest BCUT2D eigenvalue weighted by molar-refractivity contribution is 7.10. The summed E-state index contributed by atoms with van der Waals surface area (Å²) in [5.74, 6) is 0.196. The highest BCUT2D eigenvalue weighted by atomic mass is 32.1. The lowest BCUT2D eigenvalue weighted by molar-refractivity contribution is -0.132. The number of carbonyl (C=O) groups excluding carboxylic acids is 1. The van der Waals surface area contributed by atoms with Crippen molar-refractivity contribution in [1.82, 2.24) is 4.90 Å². The molecule has 1 heterocycles. The van der Waals surface area contributed by atoms with E-state index < -0.39 is 6.04 Å². The molecular weight excluding hydrogens is 220 g/mol. The molecular formula is C12H20N2OS. The third-order valence-electron chi connectivity index (χ3n) is 2.73. The van der Waals surface area contributed by atoms with Gasteiger partial charge in [0.2, 0.25) is 5.91 Å². The summed E-state index contributed by atoms with van der Waals surface area (Å²) in [6.45, 7) is 6.65. The van der Waals surface area contributed by atoms with Gasteiger partial charge in [-0.25, -0.2) is 0 Å². The molecule has 0 spiro atoms. The number of hydrogen-bond donors (Lipinski definition) is 1. The highest BCUT2D eigenvalue weighted by Gasteiger charge is 2.21. The normalized spacial score (nSPS) is 12.9. The third-order valence-corrected chi connectivity index (χ3v) is 3.74. The molecule has 0 bridgehead atoms. The fourth-order valence-electron chi connectivity index (χ4n) is 1.40. The van der Waals surface area contributed by atoms with E-state index in [1.54, 1.807) is 16.2 Å². The zero-order valence-electron chi connectivity index (χ0n) is 10.4. The Morgan fingerprint density at radius 3 is 2.62 bits per heavy atom. The van der Waals surface area contributed by atoms with Crippen LogP contribution in [0, 0.1) is 12.8 Å². The molecule has 1 amide bonds. The van der Waals surface area contributed by atoms with Crippen molar-refractivity contribution in [3.63, 3.8) is 0 Å². The van der Waals surface area contributed by atoms with Crippen LogP contribution >= 0.6 is 11.3 Å². The lowest BCUT2D eigenvalue weighted by Crippen LogP contribution is -2.44. The van der Waals surface area contributed by atoms with Gasteiger partial charge in [0.05, 0.1) is 12.6 Å². The molecule has 4 heteroatoms. The third kappa shape index (κ3) is 3.06. The Bertz CT molecular complexity index is 360. The van der Waals surface area contributed by atoms with Crippen LogP contribution < -0.4 is 5.73 Å². The van der Waals surface area contributed by atoms with Crippen molar-refractivity contribution < 1.29 is 4.79 Å². The van der Waals surface area contributed by atoms with E-state index in [0.717, 1.165) is 0 Å². The van der Waals surface area contributed by atoms with E-state index in [1.165, 1.54) is 10.4 Å². The van der Waals surface area contributed by atoms with E-state index in [2.05, 4.69) is 13.0 Å². The Balaban J connectivity index is 2.62. The lowest BCUT2D eigenvalue weighted by Gasteiger charge is -2.23. The molecule has 0 fully saturated rings. The molecule has 1 unspecified atom stereocenters. The summed E-state index contributed by atoms with van der Waals surface area (Å²) in [6, 6.07) is 1.67. The monoisotopic (exact) mass is 240 g/mol. The van der Waals surface area contributed by atoms with Crippen LogP contribution in [-0.2, 0) is 11.3 Å². The fourth-order valence-corrected chi connectivity index (χ4v) is 2.36. The second-order valence-corrected chi connectivity index (χ2v) is 5.49. The minimum atomic E-state index is -0.398. The largest absolute Gasteiger partial charge is 0.339 e. The molecule has 1 aromatic heterocycles. The molecule has 0 saturated heterocycles. The van der Waals surface area contributed by atoms with E-state index >= 15 is 0 Å². The Morgan fingerprint density at radius 1 is 1.56 bits per heavy atom. The van der Waals surface area contributed by atoms with Crippen LogP contribution in [0.2, 0.25) is 0 Å². The average Bonchev–Trinajstić information content (AvgIpc) is 2.62. The number of nitrogens with two attached hydrogens (primary N) is 1. The minimum Gasteiger partial charge on any atom is -0.339 e. The number of amides is 1. The van der Waals surface area contributed by atoms with Crippen molar-refractivity contribution in [2.24, 2.45) is 11.7 Å². The van der Waals surface area contributed by atoms with E-state index in [1.807, 2.05) is 26.3 Å². The SMILES string of the molecule is Cc1ccsc1CN(C)C(=O)C(N)C(C)C. The summed E-state index contributed by atoms with van der Waals surface area (Å²) in [5, 5.41) is 2.05. The Hall–Kier alpha value is -0.870. The van der Waals surface area contributed by atoms with Gasteiger partial charge >= 0.3 is 0 Å². The van der Waals surface area contributed by atoms with E-state index in [0.29, 0.717) is 6.54 Å². The fraction of sp³-hybridized carbons (Fsp3) is 0.583. The van der Waals surface area contributed by atoms with Gasteiger partial charge in [-0.15, -0.1) is 11.3 Å². The summed E-state index contributed by atoms with van der Waals surface area (Å²) in [5.41, 5.74) is 7.08. The van der Waals surface area contributed by atoms with Crippen LogP contribution in [0.5, 0.6) is 0 Å². The topological polar surface area (TPSA) is 46.3 Å². The molecule has 1 aromatic rings. The van der Waals surface area contributed by atoms with Gasteiger partial charge in [-0.1, -0.05) is 13.8 Å². The zero-order chi connectivity index (χ0) is 12.3. The molecule has 1 rings (SSSR count). The van der Waals surface area contributed by atoms with Gasteiger partial charge in [0.25, 0.3) is 0 Å². The molecule has 0 saturated carbocycles. The first kappa shape index (κ1) is 13.2. The smallest absolute Gasteiger partial charge is 0.239 e. The molecule has 1 atom stereocenters. The zero-order valence-corrected chi connectivity index (χ0v) is 11.2. The number of aryl methyl sites for hydroxylation is 1. The molecule has 16 heavy (non-hydrogen) atoms. The van der Waals surface area contributed by atoms with Gasteiger partial charge in [-0.05, 0) is 29.9 Å². The predicted octanol–water partition coefficient (Wildman–Crippen LogP) is 2.00. The molecule has 2 N–H and O–H groups in total. The van der Waals surface area contributed by atoms with Crippen LogP contribution in [0.1, 0.15) is 24.3 Å². The van der Waals surface area contributed by atoms with Gasteiger partial charge in [0.15, 0.2) is 0 Å². The maximum atomic E-state index is 11.9. The van der Waals surface area contributed by atoms with Gasteiger partial charge in [-0.3, -0.25) is 4.79 Å². The Morgan fingerprint density at radius 2 is 2.19 bits per heavy atom. The summed E-state index contributed by atoms with van der Waals surface area (Å²) in [7, 11) is 1.81. The quantitative estimate of drug-likeness (QED) is 0.875. The standard InChI is InChI=1S/C12H20N2OS/c1-8(2)11(13)12(15)14(4)7-10-9(3)5-6-16-10/h5-6,8,11H,7,13H2,1-4H3. The second kappa shape index (κ2) is 5.46. The van der Waals surface area contributed by atoms with Crippen molar-refractivity contribution in [2.45, 2.75) is 33.4 Å². The van der Waals surface area contributed by atoms with Crippen molar-refractivity contribution in [2.75, 3.05) is 7.05 Å². The Kier molecular flexibility index (Phi) is 4.50. The van der Waals surface area contributed by atoms with Gasteiger partial charge in [-0.2, -0.15) is 0 Å². The highest BCUT2D eigenvalue weighted by Crippen LogP contribution is 2.17. The van der Waals surface area contributed by atoms with E-state index in [-0.39, 0.29) is 11.8 Å². The number of hydrogen-bond acceptors (Lipinski definition) is 3. The first-order valence-corrected chi connectivity index (χ1v) is 6.35. The number of carbonyl (C=O) groups is 1. The summed E-state index contributed by atoms with van der Waals surface area (Å²) < 4.78 is 0. The lowest BCUT2D eigenvalue weighted by atomic mass is 10.0. The predicted molar refractivity (Wildman–Crippen MR) is 68.3 cm³/mol. The van der Waals surface area contributed by atoms with Crippen molar-refractivity contribution in [3.8, 4) is 0 Å². The van der Waals surface area contributed by atoms with Crippen LogP contribution in [0.4, 0.5) is 0 Å². The van der Waals surface area contributed by atoms with Gasteiger partial charge < -0.3 is 10.6 Å². The van der Waals surface area contributed by atoms with Crippen LogP contribution in [0.15, 0.2) is 11.4 Å². The molecule has 0 aliphatic carbocycles. The summed E-state index contributed by atoms with van der Waals surface area (Å²) in [4.78, 5) is 14.9. The molecule has 0 radical (unpaired) electrons. The number of likely N-dealkylation sites (N-methyl/N-ethyl adjacent to an activating group) is 1. The van der Waals surface area contributed by atoms with E-state index in [9.17, 15) is 4.79 Å².